The van der Waals surface area contributed by atoms with Crippen molar-refractivity contribution in [2.75, 3.05) is 19.8 Å². The molecule has 0 aromatic carbocycles. The van der Waals surface area contributed by atoms with Gasteiger partial charge < -0.3 is 14.2 Å². The molecular formula is C45H86O5. The third-order valence-electron chi connectivity index (χ3n) is 9.80. The Hall–Kier alpha value is -1.36. The average Bonchev–Trinajstić information content (AvgIpc) is 3.11. The fourth-order valence-electron chi connectivity index (χ4n) is 6.43. The van der Waals surface area contributed by atoms with Crippen LogP contribution < -0.4 is 0 Å². The number of esters is 2. The number of allylic oxidation sites excluding steroid dienone is 2. The molecule has 0 aliphatic rings. The van der Waals surface area contributed by atoms with Gasteiger partial charge in [-0.3, -0.25) is 9.59 Å². The lowest BCUT2D eigenvalue weighted by molar-refractivity contribution is -0.163. The quantitative estimate of drug-likeness (QED) is 0.0360. The number of hydrogen-bond acceptors (Lipinski definition) is 5. The lowest BCUT2D eigenvalue weighted by Crippen LogP contribution is -2.30. The summed E-state index contributed by atoms with van der Waals surface area (Å²) in [6.07, 6.45) is 44.9. The van der Waals surface area contributed by atoms with E-state index in [4.69, 9.17) is 14.2 Å². The van der Waals surface area contributed by atoms with Gasteiger partial charge in [0.05, 0.1) is 6.61 Å². The fourth-order valence-corrected chi connectivity index (χ4v) is 6.43. The molecule has 0 aliphatic carbocycles. The second-order valence-electron chi connectivity index (χ2n) is 15.0. The Morgan fingerprint density at radius 3 is 1.28 bits per heavy atom. The van der Waals surface area contributed by atoms with Gasteiger partial charge in [-0.25, -0.2) is 0 Å². The molecule has 0 spiro atoms. The first-order valence-electron chi connectivity index (χ1n) is 22.2. The minimum Gasteiger partial charge on any atom is -0.462 e. The van der Waals surface area contributed by atoms with Gasteiger partial charge >= 0.3 is 11.9 Å². The molecule has 0 heterocycles. The molecule has 0 N–H and O–H groups in total. The van der Waals surface area contributed by atoms with E-state index in [1.807, 2.05) is 0 Å². The van der Waals surface area contributed by atoms with Crippen molar-refractivity contribution in [2.45, 2.75) is 245 Å². The second kappa shape index (κ2) is 42.1. The predicted molar refractivity (Wildman–Crippen MR) is 215 cm³/mol. The van der Waals surface area contributed by atoms with Crippen molar-refractivity contribution < 1.29 is 23.8 Å². The van der Waals surface area contributed by atoms with Gasteiger partial charge in [0, 0.05) is 19.4 Å². The summed E-state index contributed by atoms with van der Waals surface area (Å²) in [4.78, 5) is 25.1. The molecule has 1 atom stereocenters. The molecule has 0 aromatic rings. The van der Waals surface area contributed by atoms with Crippen LogP contribution in [-0.2, 0) is 23.8 Å². The highest BCUT2D eigenvalue weighted by Gasteiger charge is 2.17. The van der Waals surface area contributed by atoms with Crippen molar-refractivity contribution in [2.24, 2.45) is 0 Å². The second-order valence-corrected chi connectivity index (χ2v) is 15.0. The highest BCUT2D eigenvalue weighted by Crippen LogP contribution is 2.15. The van der Waals surface area contributed by atoms with Crippen molar-refractivity contribution >= 4 is 11.9 Å². The maximum Gasteiger partial charge on any atom is 0.306 e. The summed E-state index contributed by atoms with van der Waals surface area (Å²) < 4.78 is 17.2. The molecule has 5 nitrogen and oxygen atoms in total. The van der Waals surface area contributed by atoms with Crippen molar-refractivity contribution in [1.82, 2.24) is 0 Å². The minimum atomic E-state index is -0.527. The smallest absolute Gasteiger partial charge is 0.306 e. The molecule has 0 radical (unpaired) electrons. The van der Waals surface area contributed by atoms with Crippen LogP contribution in [0.25, 0.3) is 0 Å². The standard InChI is InChI=1S/C45H86O5/c1-4-7-10-13-16-19-21-22-23-24-26-27-29-32-35-38-44(46)49-42-43(41-48-40-37-34-31-18-15-12-9-6-3)50-45(47)39-36-33-30-28-25-20-17-14-11-8-5-2/h14,17,43H,4-13,15-16,18-42H2,1-3H3/b17-14-. The Morgan fingerprint density at radius 1 is 0.420 bits per heavy atom. The van der Waals surface area contributed by atoms with Gasteiger partial charge in [-0.05, 0) is 38.5 Å². The van der Waals surface area contributed by atoms with Gasteiger partial charge in [0.25, 0.3) is 0 Å². The van der Waals surface area contributed by atoms with Crippen molar-refractivity contribution in [3.05, 3.63) is 12.2 Å². The van der Waals surface area contributed by atoms with Gasteiger partial charge in [-0.2, -0.15) is 0 Å². The zero-order chi connectivity index (χ0) is 36.4. The van der Waals surface area contributed by atoms with E-state index in [-0.39, 0.29) is 18.5 Å². The molecule has 0 aliphatic heterocycles. The summed E-state index contributed by atoms with van der Waals surface area (Å²) in [5.41, 5.74) is 0. The molecule has 0 fully saturated rings. The van der Waals surface area contributed by atoms with E-state index in [2.05, 4.69) is 32.9 Å². The predicted octanol–water partition coefficient (Wildman–Crippen LogP) is 14.3. The molecule has 0 saturated heterocycles. The van der Waals surface area contributed by atoms with E-state index in [9.17, 15) is 9.59 Å². The van der Waals surface area contributed by atoms with Gasteiger partial charge in [0.15, 0.2) is 6.10 Å². The summed E-state index contributed by atoms with van der Waals surface area (Å²) in [5, 5.41) is 0. The molecule has 0 saturated carbocycles. The molecule has 0 bridgehead atoms. The average molecular weight is 707 g/mol. The van der Waals surface area contributed by atoms with Crippen LogP contribution in [0.1, 0.15) is 239 Å². The first-order valence-corrected chi connectivity index (χ1v) is 22.2. The lowest BCUT2D eigenvalue weighted by atomic mass is 10.0. The van der Waals surface area contributed by atoms with E-state index < -0.39 is 6.10 Å². The number of unbranched alkanes of at least 4 members (excludes halogenated alkanes) is 28. The van der Waals surface area contributed by atoms with Crippen LogP contribution >= 0.6 is 0 Å². The van der Waals surface area contributed by atoms with Gasteiger partial charge in [0.2, 0.25) is 0 Å². The van der Waals surface area contributed by atoms with Crippen LogP contribution in [0.15, 0.2) is 12.2 Å². The third-order valence-corrected chi connectivity index (χ3v) is 9.80. The monoisotopic (exact) mass is 707 g/mol. The van der Waals surface area contributed by atoms with Crippen LogP contribution in [0.3, 0.4) is 0 Å². The highest BCUT2D eigenvalue weighted by molar-refractivity contribution is 5.70. The van der Waals surface area contributed by atoms with Crippen LogP contribution in [0.4, 0.5) is 0 Å². The molecule has 0 aromatic heterocycles. The first-order chi connectivity index (χ1) is 24.6. The Morgan fingerprint density at radius 2 is 0.800 bits per heavy atom. The van der Waals surface area contributed by atoms with Crippen molar-refractivity contribution in [3.8, 4) is 0 Å². The Bertz CT molecular complexity index is 720. The third kappa shape index (κ3) is 39.4. The SMILES string of the molecule is CCCC/C=C\CCCCCCCC(=O)OC(COCCCCCCCCCC)COC(=O)CCCCCCCCCCCCCCCCC. The van der Waals surface area contributed by atoms with E-state index in [0.29, 0.717) is 26.1 Å². The zero-order valence-corrected chi connectivity index (χ0v) is 33.9. The van der Waals surface area contributed by atoms with Crippen LogP contribution in [0.5, 0.6) is 0 Å². The lowest BCUT2D eigenvalue weighted by Gasteiger charge is -2.18. The summed E-state index contributed by atoms with van der Waals surface area (Å²) >= 11 is 0. The number of carbonyl (C=O) groups excluding carboxylic acids is 2. The molecule has 1 unspecified atom stereocenters. The van der Waals surface area contributed by atoms with E-state index in [1.165, 1.54) is 161 Å². The normalized spacial score (nSPS) is 12.1. The molecule has 5 heteroatoms. The molecule has 0 rings (SSSR count). The van der Waals surface area contributed by atoms with E-state index in [0.717, 1.165) is 44.9 Å². The molecular weight excluding hydrogens is 620 g/mol. The summed E-state index contributed by atoms with van der Waals surface area (Å²) in [5.74, 6) is -0.396. The van der Waals surface area contributed by atoms with Crippen LogP contribution in [-0.4, -0.2) is 37.9 Å². The maximum atomic E-state index is 12.6. The number of hydrogen-bond donors (Lipinski definition) is 0. The Balaban J connectivity index is 4.14. The highest BCUT2D eigenvalue weighted by atomic mass is 16.6. The summed E-state index contributed by atoms with van der Waals surface area (Å²) in [7, 11) is 0. The van der Waals surface area contributed by atoms with Crippen molar-refractivity contribution in [1.29, 1.82) is 0 Å². The number of ether oxygens (including phenoxy) is 3. The topological polar surface area (TPSA) is 61.8 Å². The largest absolute Gasteiger partial charge is 0.462 e. The maximum absolute atomic E-state index is 12.6. The van der Waals surface area contributed by atoms with Crippen LogP contribution in [0, 0.1) is 0 Å². The fraction of sp³-hybridized carbons (Fsp3) is 0.911. The Labute approximate surface area is 312 Å². The number of carbonyl (C=O) groups is 2. The van der Waals surface area contributed by atoms with E-state index in [1.54, 1.807) is 0 Å². The Kier molecular flexibility index (Phi) is 40.9. The van der Waals surface area contributed by atoms with Crippen molar-refractivity contribution in [3.63, 3.8) is 0 Å². The minimum absolute atomic E-state index is 0.0898. The summed E-state index contributed by atoms with van der Waals surface area (Å²) in [6.45, 7) is 7.80. The number of rotatable bonds is 41. The first kappa shape index (κ1) is 48.6. The molecule has 0 amide bonds. The van der Waals surface area contributed by atoms with Gasteiger partial charge in [-0.15, -0.1) is 0 Å². The molecule has 296 valence electrons. The summed E-state index contributed by atoms with van der Waals surface area (Å²) in [6, 6.07) is 0. The van der Waals surface area contributed by atoms with E-state index >= 15 is 0 Å². The van der Waals surface area contributed by atoms with Crippen LogP contribution in [0.2, 0.25) is 0 Å². The zero-order valence-electron chi connectivity index (χ0n) is 33.9. The molecule has 50 heavy (non-hydrogen) atoms. The van der Waals surface area contributed by atoms with Gasteiger partial charge in [0.1, 0.15) is 6.61 Å². The van der Waals surface area contributed by atoms with Gasteiger partial charge in [-0.1, -0.05) is 200 Å².